The van der Waals surface area contributed by atoms with Gasteiger partial charge in [0.2, 0.25) is 10.0 Å². The van der Waals surface area contributed by atoms with Gasteiger partial charge in [-0.25, -0.2) is 12.8 Å². The number of sulfonamides is 1. The Labute approximate surface area is 188 Å². The number of nitrogens with one attached hydrogen (secondary N) is 1. The summed E-state index contributed by atoms with van der Waals surface area (Å²) in [6, 6.07) is 9.91. The standard InChI is InChI=1S/C23H29FN2O5S/c1-4-30-20-13-10-18(16-21(20)32(28,29)26-14-6-5-7-15-26)25-22(27)23(2,3)31-19-11-8-17(24)9-12-19/h8-13,16H,4-7,14-15H2,1-3H3,(H,25,27). The van der Waals surface area contributed by atoms with Crippen molar-refractivity contribution in [1.29, 1.82) is 0 Å². The van der Waals surface area contributed by atoms with Gasteiger partial charge in [-0.1, -0.05) is 6.42 Å². The van der Waals surface area contributed by atoms with Crippen LogP contribution in [0.15, 0.2) is 47.4 Å². The van der Waals surface area contributed by atoms with Crippen molar-refractivity contribution >= 4 is 21.6 Å². The molecule has 1 heterocycles. The smallest absolute Gasteiger partial charge is 0.267 e. The highest BCUT2D eigenvalue weighted by atomic mass is 32.2. The van der Waals surface area contributed by atoms with E-state index in [9.17, 15) is 17.6 Å². The van der Waals surface area contributed by atoms with Gasteiger partial charge in [-0.15, -0.1) is 0 Å². The van der Waals surface area contributed by atoms with Crippen LogP contribution in [0.4, 0.5) is 10.1 Å². The lowest BCUT2D eigenvalue weighted by atomic mass is 10.1. The molecule has 0 spiro atoms. The molecular weight excluding hydrogens is 435 g/mol. The predicted molar refractivity (Wildman–Crippen MR) is 120 cm³/mol. The first-order valence-electron chi connectivity index (χ1n) is 10.7. The van der Waals surface area contributed by atoms with E-state index >= 15 is 0 Å². The number of benzene rings is 2. The molecule has 7 nitrogen and oxygen atoms in total. The highest BCUT2D eigenvalue weighted by Gasteiger charge is 2.32. The normalized spacial score (nSPS) is 15.2. The van der Waals surface area contributed by atoms with Gasteiger partial charge in [0.25, 0.3) is 5.91 Å². The van der Waals surface area contributed by atoms with Crippen LogP contribution in [-0.2, 0) is 14.8 Å². The number of ether oxygens (including phenoxy) is 2. The van der Waals surface area contributed by atoms with Crippen LogP contribution in [0.3, 0.4) is 0 Å². The first-order valence-corrected chi connectivity index (χ1v) is 12.1. The number of carbonyl (C=O) groups is 1. The van der Waals surface area contributed by atoms with Gasteiger partial charge in [-0.2, -0.15) is 4.31 Å². The van der Waals surface area contributed by atoms with E-state index in [2.05, 4.69) is 5.32 Å². The molecule has 3 rings (SSSR count). The Hall–Kier alpha value is -2.65. The molecule has 0 saturated carbocycles. The Bertz CT molecular complexity index is 1050. The second-order valence-corrected chi connectivity index (χ2v) is 9.99. The lowest BCUT2D eigenvalue weighted by molar-refractivity contribution is -0.128. The fourth-order valence-electron chi connectivity index (χ4n) is 3.43. The molecule has 1 saturated heterocycles. The molecule has 0 unspecified atom stereocenters. The van der Waals surface area contributed by atoms with Crippen LogP contribution >= 0.6 is 0 Å². The average molecular weight is 465 g/mol. The second-order valence-electron chi connectivity index (χ2n) is 8.08. The molecule has 0 atom stereocenters. The van der Waals surface area contributed by atoms with Gasteiger partial charge in [0.05, 0.1) is 6.61 Å². The summed E-state index contributed by atoms with van der Waals surface area (Å²) in [5.41, 5.74) is -0.979. The topological polar surface area (TPSA) is 84.9 Å². The molecule has 1 aliphatic rings. The zero-order valence-corrected chi connectivity index (χ0v) is 19.4. The summed E-state index contributed by atoms with van der Waals surface area (Å²) in [6.07, 6.45) is 2.63. The van der Waals surface area contributed by atoms with E-state index in [1.54, 1.807) is 32.9 Å². The minimum absolute atomic E-state index is 0.0244. The van der Waals surface area contributed by atoms with E-state index in [0.29, 0.717) is 31.1 Å². The fraction of sp³-hybridized carbons (Fsp3) is 0.435. The molecule has 2 aromatic carbocycles. The number of hydrogen-bond acceptors (Lipinski definition) is 5. The summed E-state index contributed by atoms with van der Waals surface area (Å²) in [5, 5.41) is 2.72. The summed E-state index contributed by atoms with van der Waals surface area (Å²) < 4.78 is 52.4. The van der Waals surface area contributed by atoms with Crippen LogP contribution in [0.1, 0.15) is 40.0 Å². The molecule has 0 radical (unpaired) electrons. The van der Waals surface area contributed by atoms with Crippen molar-refractivity contribution in [3.63, 3.8) is 0 Å². The maximum absolute atomic E-state index is 13.3. The van der Waals surface area contributed by atoms with Gasteiger partial charge >= 0.3 is 0 Å². The lowest BCUT2D eigenvalue weighted by Crippen LogP contribution is -2.42. The van der Waals surface area contributed by atoms with Gasteiger partial charge in [-0.3, -0.25) is 4.79 Å². The average Bonchev–Trinajstić information content (AvgIpc) is 2.77. The quantitative estimate of drug-likeness (QED) is 0.633. The molecule has 0 aromatic heterocycles. The van der Waals surface area contributed by atoms with Gasteiger partial charge in [0.15, 0.2) is 5.60 Å². The van der Waals surface area contributed by atoms with Gasteiger partial charge in [0, 0.05) is 18.8 Å². The minimum atomic E-state index is -3.77. The van der Waals surface area contributed by atoms with Gasteiger partial charge in [0.1, 0.15) is 22.2 Å². The predicted octanol–water partition coefficient (Wildman–Crippen LogP) is 4.20. The molecule has 0 aliphatic carbocycles. The van der Waals surface area contributed by atoms with Crippen LogP contribution in [0.2, 0.25) is 0 Å². The van der Waals surface area contributed by atoms with E-state index in [1.807, 2.05) is 0 Å². The Morgan fingerprint density at radius 2 is 1.75 bits per heavy atom. The summed E-state index contributed by atoms with van der Waals surface area (Å²) in [7, 11) is -3.77. The van der Waals surface area contributed by atoms with Crippen LogP contribution in [0.25, 0.3) is 0 Å². The largest absolute Gasteiger partial charge is 0.492 e. The molecule has 1 aliphatic heterocycles. The molecule has 174 valence electrons. The first kappa shape index (κ1) is 24.0. The Kier molecular flexibility index (Phi) is 7.40. The molecule has 0 bridgehead atoms. The van der Waals surface area contributed by atoms with Crippen LogP contribution in [-0.4, -0.2) is 43.9 Å². The SMILES string of the molecule is CCOc1ccc(NC(=O)C(C)(C)Oc2ccc(F)cc2)cc1S(=O)(=O)N1CCCCC1. The third-order valence-corrected chi connectivity index (χ3v) is 7.09. The van der Waals surface area contributed by atoms with Crippen LogP contribution in [0, 0.1) is 5.82 Å². The zero-order valence-electron chi connectivity index (χ0n) is 18.6. The van der Waals surface area contributed by atoms with Gasteiger partial charge in [-0.05, 0) is 76.1 Å². The maximum Gasteiger partial charge on any atom is 0.267 e. The molecule has 2 aromatic rings. The van der Waals surface area contributed by atoms with Crippen molar-refractivity contribution in [1.82, 2.24) is 4.31 Å². The number of rotatable bonds is 8. The minimum Gasteiger partial charge on any atom is -0.492 e. The summed E-state index contributed by atoms with van der Waals surface area (Å²) in [5.74, 6) is -0.298. The number of halogens is 1. The number of hydrogen-bond donors (Lipinski definition) is 1. The van der Waals surface area contributed by atoms with Crippen molar-refractivity contribution < 1.29 is 27.1 Å². The van der Waals surface area contributed by atoms with E-state index in [-0.39, 0.29) is 10.6 Å². The Morgan fingerprint density at radius 3 is 2.38 bits per heavy atom. The van der Waals surface area contributed by atoms with E-state index in [0.717, 1.165) is 19.3 Å². The summed E-state index contributed by atoms with van der Waals surface area (Å²) in [6.45, 7) is 6.17. The number of carbonyl (C=O) groups excluding carboxylic acids is 1. The molecule has 1 amide bonds. The third-order valence-electron chi connectivity index (χ3n) is 5.17. The van der Waals surface area contributed by atoms with Crippen LogP contribution in [0.5, 0.6) is 11.5 Å². The third kappa shape index (κ3) is 5.58. The lowest BCUT2D eigenvalue weighted by Gasteiger charge is -2.27. The molecular formula is C23H29FN2O5S. The highest BCUT2D eigenvalue weighted by molar-refractivity contribution is 7.89. The summed E-state index contributed by atoms with van der Waals surface area (Å²) in [4.78, 5) is 12.9. The van der Waals surface area contributed by atoms with Crippen LogP contribution < -0.4 is 14.8 Å². The first-order chi connectivity index (χ1) is 15.1. The second kappa shape index (κ2) is 9.87. The Balaban J connectivity index is 1.83. The summed E-state index contributed by atoms with van der Waals surface area (Å²) >= 11 is 0. The number of anilines is 1. The Morgan fingerprint density at radius 1 is 1.09 bits per heavy atom. The number of nitrogens with zero attached hydrogens (tertiary/aromatic N) is 1. The van der Waals surface area contributed by atoms with Crippen molar-refractivity contribution in [3.05, 3.63) is 48.3 Å². The monoisotopic (exact) mass is 464 g/mol. The van der Waals surface area contributed by atoms with Crippen molar-refractivity contribution in [2.24, 2.45) is 0 Å². The fourth-order valence-corrected chi connectivity index (χ4v) is 5.11. The molecule has 1 N–H and O–H groups in total. The molecule has 32 heavy (non-hydrogen) atoms. The number of amides is 1. The van der Waals surface area contributed by atoms with E-state index in [1.165, 1.54) is 34.6 Å². The van der Waals surface area contributed by atoms with Crippen molar-refractivity contribution in [2.45, 2.75) is 50.5 Å². The zero-order chi connectivity index (χ0) is 23.4. The van der Waals surface area contributed by atoms with Crippen molar-refractivity contribution in [2.75, 3.05) is 25.0 Å². The number of piperidine rings is 1. The molecule has 9 heteroatoms. The van der Waals surface area contributed by atoms with E-state index < -0.39 is 27.3 Å². The van der Waals surface area contributed by atoms with Gasteiger partial charge < -0.3 is 14.8 Å². The van der Waals surface area contributed by atoms with Crippen molar-refractivity contribution in [3.8, 4) is 11.5 Å². The highest BCUT2D eigenvalue weighted by Crippen LogP contribution is 2.32. The maximum atomic E-state index is 13.3. The molecule has 1 fully saturated rings. The van der Waals surface area contributed by atoms with E-state index in [4.69, 9.17) is 9.47 Å².